The predicted molar refractivity (Wildman–Crippen MR) is 84.9 cm³/mol. The van der Waals surface area contributed by atoms with Gasteiger partial charge >= 0.3 is 0 Å². The Labute approximate surface area is 132 Å². The molecule has 1 saturated heterocycles. The molecule has 5 heteroatoms. The molecule has 1 aliphatic carbocycles. The lowest BCUT2D eigenvalue weighted by Crippen LogP contribution is -2.46. The van der Waals surface area contributed by atoms with Gasteiger partial charge in [-0.3, -0.25) is 9.48 Å². The molecular weight excluding hydrogens is 278 g/mol. The first-order chi connectivity index (χ1) is 10.3. The maximum atomic E-state index is 12.7. The summed E-state index contributed by atoms with van der Waals surface area (Å²) in [7, 11) is 0. The number of carbonyl (C=O) groups excluding carboxylic acids is 1. The van der Waals surface area contributed by atoms with E-state index in [2.05, 4.69) is 25.9 Å². The fourth-order valence-corrected chi connectivity index (χ4v) is 3.10. The molecule has 2 aliphatic rings. The molecule has 1 amide bonds. The lowest BCUT2D eigenvalue weighted by Gasteiger charge is -2.33. The van der Waals surface area contributed by atoms with Gasteiger partial charge in [-0.25, -0.2) is 0 Å². The van der Waals surface area contributed by atoms with Crippen LogP contribution in [-0.2, 0) is 5.54 Å². The third kappa shape index (κ3) is 2.91. The first kappa shape index (κ1) is 15.5. The molecule has 1 saturated carbocycles. The fraction of sp³-hybridized carbons (Fsp3) is 0.765. The Morgan fingerprint density at radius 2 is 2.00 bits per heavy atom. The molecular formula is C17H27N3O2. The molecule has 2 fully saturated rings. The van der Waals surface area contributed by atoms with Crippen molar-refractivity contribution in [3.05, 3.63) is 17.5 Å². The van der Waals surface area contributed by atoms with E-state index in [1.807, 2.05) is 17.7 Å². The summed E-state index contributed by atoms with van der Waals surface area (Å²) in [6, 6.07) is 1.97. The van der Waals surface area contributed by atoms with Crippen molar-refractivity contribution in [1.29, 1.82) is 0 Å². The van der Waals surface area contributed by atoms with E-state index in [0.29, 0.717) is 24.7 Å². The first-order valence-electron chi connectivity index (χ1n) is 8.35. The molecule has 22 heavy (non-hydrogen) atoms. The number of carbonyl (C=O) groups is 1. The average molecular weight is 305 g/mol. The topological polar surface area (TPSA) is 58.4 Å². The summed E-state index contributed by atoms with van der Waals surface area (Å²) in [5.41, 5.74) is 1.59. The number of amides is 1. The van der Waals surface area contributed by atoms with Crippen LogP contribution >= 0.6 is 0 Å². The van der Waals surface area contributed by atoms with Gasteiger partial charge in [0.2, 0.25) is 0 Å². The van der Waals surface area contributed by atoms with Crippen molar-refractivity contribution < 1.29 is 9.90 Å². The van der Waals surface area contributed by atoms with Crippen LogP contribution in [0, 0.1) is 5.92 Å². The van der Waals surface area contributed by atoms with Crippen molar-refractivity contribution >= 4 is 5.91 Å². The third-order valence-electron chi connectivity index (χ3n) is 4.79. The molecule has 2 atom stereocenters. The molecule has 0 radical (unpaired) electrons. The van der Waals surface area contributed by atoms with E-state index in [9.17, 15) is 9.90 Å². The zero-order valence-electron chi connectivity index (χ0n) is 14.0. The zero-order valence-corrected chi connectivity index (χ0v) is 14.0. The molecule has 1 aromatic heterocycles. The van der Waals surface area contributed by atoms with Crippen LogP contribution in [0.1, 0.15) is 69.1 Å². The smallest absolute Gasteiger partial charge is 0.274 e. The van der Waals surface area contributed by atoms with Crippen LogP contribution in [0.25, 0.3) is 0 Å². The van der Waals surface area contributed by atoms with Gasteiger partial charge < -0.3 is 10.0 Å². The minimum atomic E-state index is -0.426. The van der Waals surface area contributed by atoms with Crippen LogP contribution in [0.2, 0.25) is 0 Å². The molecule has 122 valence electrons. The number of hydrogen-bond acceptors (Lipinski definition) is 3. The Bertz CT molecular complexity index is 569. The van der Waals surface area contributed by atoms with Crippen LogP contribution in [0.3, 0.4) is 0 Å². The quantitative estimate of drug-likeness (QED) is 0.912. The Kier molecular flexibility index (Phi) is 3.79. The van der Waals surface area contributed by atoms with Gasteiger partial charge in [0.1, 0.15) is 0 Å². The second-order valence-electron chi connectivity index (χ2n) is 7.90. The molecule has 1 aromatic rings. The van der Waals surface area contributed by atoms with E-state index in [1.54, 1.807) is 4.90 Å². The summed E-state index contributed by atoms with van der Waals surface area (Å²) in [5, 5.41) is 14.6. The van der Waals surface area contributed by atoms with Gasteiger partial charge in [-0.2, -0.15) is 5.10 Å². The summed E-state index contributed by atoms with van der Waals surface area (Å²) in [4.78, 5) is 14.5. The van der Waals surface area contributed by atoms with Crippen molar-refractivity contribution in [2.24, 2.45) is 5.92 Å². The van der Waals surface area contributed by atoms with Gasteiger partial charge in [-0.05, 0) is 52.0 Å². The summed E-state index contributed by atoms with van der Waals surface area (Å²) < 4.78 is 2.01. The van der Waals surface area contributed by atoms with E-state index >= 15 is 0 Å². The number of aromatic nitrogens is 2. The van der Waals surface area contributed by atoms with Crippen LogP contribution < -0.4 is 0 Å². The highest BCUT2D eigenvalue weighted by atomic mass is 16.3. The Hall–Kier alpha value is -1.36. The minimum absolute atomic E-state index is 0.0455. The molecule has 1 N–H and O–H groups in total. The maximum Gasteiger partial charge on any atom is 0.274 e. The highest BCUT2D eigenvalue weighted by Crippen LogP contribution is 2.41. The number of hydrogen-bond donors (Lipinski definition) is 1. The van der Waals surface area contributed by atoms with E-state index in [0.717, 1.165) is 6.42 Å². The standard InChI is InChI=1S/C17H27N3O2/c1-11-7-8-19(10-15(11)21)16(22)13-9-14(12-5-6-12)20(18-13)17(2,3)4/h9,11-12,15,21H,5-8,10H2,1-4H3. The van der Waals surface area contributed by atoms with E-state index in [4.69, 9.17) is 0 Å². The Morgan fingerprint density at radius 3 is 2.55 bits per heavy atom. The number of β-amino-alcohol motifs (C(OH)–C–C–N with tert-alkyl or cyclic N) is 1. The van der Waals surface area contributed by atoms with E-state index < -0.39 is 6.10 Å². The molecule has 3 rings (SSSR count). The van der Waals surface area contributed by atoms with Gasteiger partial charge in [0.25, 0.3) is 5.91 Å². The lowest BCUT2D eigenvalue weighted by atomic mass is 9.96. The number of aliphatic hydroxyl groups is 1. The molecule has 0 aromatic carbocycles. The third-order valence-corrected chi connectivity index (χ3v) is 4.79. The molecule has 5 nitrogen and oxygen atoms in total. The number of rotatable bonds is 2. The van der Waals surface area contributed by atoms with Crippen LogP contribution in [0.15, 0.2) is 6.07 Å². The minimum Gasteiger partial charge on any atom is -0.391 e. The summed E-state index contributed by atoms with van der Waals surface area (Å²) in [6.07, 6.45) is 2.80. The molecule has 1 aliphatic heterocycles. The van der Waals surface area contributed by atoms with Gasteiger partial charge in [0, 0.05) is 24.7 Å². The van der Waals surface area contributed by atoms with Crippen LogP contribution in [0.5, 0.6) is 0 Å². The fourth-order valence-electron chi connectivity index (χ4n) is 3.10. The molecule has 2 unspecified atom stereocenters. The van der Waals surface area contributed by atoms with Crippen molar-refractivity contribution in [2.75, 3.05) is 13.1 Å². The normalized spacial score (nSPS) is 26.3. The average Bonchev–Trinajstić information content (AvgIpc) is 3.18. The van der Waals surface area contributed by atoms with Crippen LogP contribution in [-0.4, -0.2) is 44.9 Å². The number of likely N-dealkylation sites (tertiary alicyclic amines) is 1. The number of nitrogens with zero attached hydrogens (tertiary/aromatic N) is 3. The maximum absolute atomic E-state index is 12.7. The predicted octanol–water partition coefficient (Wildman–Crippen LogP) is 2.36. The van der Waals surface area contributed by atoms with E-state index in [1.165, 1.54) is 18.5 Å². The lowest BCUT2D eigenvalue weighted by molar-refractivity contribution is 0.0244. The number of aliphatic hydroxyl groups excluding tert-OH is 1. The zero-order chi connectivity index (χ0) is 16.1. The molecule has 0 spiro atoms. The van der Waals surface area contributed by atoms with Gasteiger partial charge in [0.15, 0.2) is 5.69 Å². The Morgan fingerprint density at radius 1 is 1.32 bits per heavy atom. The first-order valence-corrected chi connectivity index (χ1v) is 8.35. The summed E-state index contributed by atoms with van der Waals surface area (Å²) in [5.74, 6) is 0.773. The monoisotopic (exact) mass is 305 g/mol. The molecule has 2 heterocycles. The second kappa shape index (κ2) is 5.37. The van der Waals surface area contributed by atoms with Crippen molar-refractivity contribution in [3.63, 3.8) is 0 Å². The summed E-state index contributed by atoms with van der Waals surface area (Å²) in [6.45, 7) is 9.51. The van der Waals surface area contributed by atoms with Gasteiger partial charge in [-0.15, -0.1) is 0 Å². The van der Waals surface area contributed by atoms with E-state index in [-0.39, 0.29) is 17.4 Å². The Balaban J connectivity index is 1.84. The SMILES string of the molecule is CC1CCN(C(=O)c2cc(C3CC3)n(C(C)(C)C)n2)CC1O. The van der Waals surface area contributed by atoms with Crippen molar-refractivity contribution in [2.45, 2.75) is 64.5 Å². The van der Waals surface area contributed by atoms with Crippen LogP contribution in [0.4, 0.5) is 0 Å². The van der Waals surface area contributed by atoms with Gasteiger partial charge in [0.05, 0.1) is 11.6 Å². The highest BCUT2D eigenvalue weighted by Gasteiger charge is 2.34. The summed E-state index contributed by atoms with van der Waals surface area (Å²) >= 11 is 0. The van der Waals surface area contributed by atoms with Crippen molar-refractivity contribution in [1.82, 2.24) is 14.7 Å². The van der Waals surface area contributed by atoms with Gasteiger partial charge in [-0.1, -0.05) is 6.92 Å². The molecule has 0 bridgehead atoms. The number of piperidine rings is 1. The highest BCUT2D eigenvalue weighted by molar-refractivity contribution is 5.92. The second-order valence-corrected chi connectivity index (χ2v) is 7.90. The largest absolute Gasteiger partial charge is 0.391 e. The van der Waals surface area contributed by atoms with Crippen molar-refractivity contribution in [3.8, 4) is 0 Å².